The van der Waals surface area contributed by atoms with Gasteiger partial charge in [-0.2, -0.15) is 0 Å². The van der Waals surface area contributed by atoms with Crippen molar-refractivity contribution in [1.29, 1.82) is 0 Å². The van der Waals surface area contributed by atoms with Gasteiger partial charge in [0.1, 0.15) is 23.6 Å². The summed E-state index contributed by atoms with van der Waals surface area (Å²) < 4.78 is 32.4. The van der Waals surface area contributed by atoms with Crippen LogP contribution in [0.5, 0.6) is 11.5 Å². The smallest absolute Gasteiger partial charge is 0.258 e. The second-order valence-corrected chi connectivity index (χ2v) is 18.2. The predicted molar refractivity (Wildman–Crippen MR) is 226 cm³/mol. The Labute approximate surface area is 352 Å². The number of likely N-dealkylation sites (tertiary alicyclic amines) is 1. The normalized spacial score (nSPS) is 19.3. The van der Waals surface area contributed by atoms with Crippen LogP contribution in [0.1, 0.15) is 64.1 Å². The van der Waals surface area contributed by atoms with E-state index in [0.717, 1.165) is 83.0 Å². The van der Waals surface area contributed by atoms with Crippen LogP contribution in [0.3, 0.4) is 0 Å². The van der Waals surface area contributed by atoms with E-state index in [0.29, 0.717) is 19.0 Å². The Hall–Kier alpha value is -4.64. The highest BCUT2D eigenvalue weighted by atomic mass is 32.1. The molecule has 13 nitrogen and oxygen atoms in total. The minimum absolute atomic E-state index is 0.0383. The summed E-state index contributed by atoms with van der Waals surface area (Å²) in [5.41, 5.74) is 3.65. The zero-order valence-electron chi connectivity index (χ0n) is 34.0. The molecule has 0 bridgehead atoms. The van der Waals surface area contributed by atoms with E-state index in [2.05, 4.69) is 25.9 Å². The molecule has 0 unspecified atom stereocenters. The minimum Gasteiger partial charge on any atom is -0.494 e. The Morgan fingerprint density at radius 1 is 1.03 bits per heavy atom. The number of aliphatic hydroxyl groups is 1. The molecule has 316 valence electrons. The van der Waals surface area contributed by atoms with Crippen LogP contribution in [0.2, 0.25) is 0 Å². The van der Waals surface area contributed by atoms with Crippen LogP contribution in [-0.2, 0) is 25.7 Å². The van der Waals surface area contributed by atoms with Gasteiger partial charge in [-0.25, -0.2) is 14.4 Å². The maximum absolute atomic E-state index is 14.6. The molecule has 2 saturated heterocycles. The number of amides is 3. The number of alkyl halides is 1. The lowest BCUT2D eigenvalue weighted by Gasteiger charge is -2.35. The van der Waals surface area contributed by atoms with Gasteiger partial charge in [-0.05, 0) is 73.9 Å². The van der Waals surface area contributed by atoms with Crippen molar-refractivity contribution in [3.63, 3.8) is 0 Å². The Morgan fingerprint density at radius 3 is 2.42 bits per heavy atom. The van der Waals surface area contributed by atoms with Crippen LogP contribution in [0.25, 0.3) is 21.7 Å². The van der Waals surface area contributed by atoms with E-state index in [9.17, 15) is 23.9 Å². The number of unbranched alkanes of at least 4 members (excludes halogenated alkanes) is 1. The number of halogens is 1. The van der Waals surface area contributed by atoms with Crippen molar-refractivity contribution in [1.82, 2.24) is 25.5 Å². The number of hydrogen-bond donors (Lipinski definition) is 3. The second-order valence-electron chi connectivity index (χ2n) is 16.5. The number of β-amino-alcohol motifs (C(OH)–C–C–N with tert-alkyl or cyclic N) is 1. The highest BCUT2D eigenvalue weighted by Crippen LogP contribution is 2.40. The van der Waals surface area contributed by atoms with Gasteiger partial charge in [0.15, 0.2) is 10.8 Å². The van der Waals surface area contributed by atoms with E-state index < -0.39 is 47.0 Å². The number of anilines is 1. The molecule has 7 rings (SSSR count). The number of aliphatic hydroxyl groups excluding tert-OH is 1. The van der Waals surface area contributed by atoms with Gasteiger partial charge in [-0.3, -0.25) is 14.4 Å². The number of aryl methyl sites for hydroxylation is 1. The van der Waals surface area contributed by atoms with Gasteiger partial charge < -0.3 is 39.8 Å². The number of benzene rings is 2. The fourth-order valence-corrected chi connectivity index (χ4v) is 8.86. The van der Waals surface area contributed by atoms with Gasteiger partial charge in [0, 0.05) is 49.1 Å². The average molecular weight is 849 g/mol. The Bertz CT molecular complexity index is 2090. The fraction of sp³-hybridized carbons (Fsp3) is 0.512. The summed E-state index contributed by atoms with van der Waals surface area (Å²) in [6.07, 6.45) is 0.823. The number of morpholine rings is 1. The Kier molecular flexibility index (Phi) is 13.2. The first kappa shape index (κ1) is 42.5. The molecule has 2 aromatic carbocycles. The van der Waals surface area contributed by atoms with Crippen molar-refractivity contribution in [3.8, 4) is 33.2 Å². The standard InChI is InChI=1S/C43H53FN6O7S2/c1-27-36(59-26-46-27)29-7-8-30(23-45-38(52)34-22-31(51)24-50(34)39(53)37(42(2,3)4)48-40(54)43(44)13-14-43)35(21-29)57-18-6-5-17-56-32-11-9-28(10-12-32)33-25-58-41(47-33)49-15-19-55-20-16-49/h7-12,21,25-26,31,34,37,51H,5-6,13-20,22-24H2,1-4H3,(H,45,52)(H,48,54)/t31-,34+,37-/m1/s1. The maximum Gasteiger partial charge on any atom is 0.258 e. The lowest BCUT2D eigenvalue weighted by Crippen LogP contribution is -2.59. The third kappa shape index (κ3) is 10.4. The molecule has 0 radical (unpaired) electrons. The number of carbonyl (C=O) groups is 3. The number of nitrogens with one attached hydrogen (secondary N) is 2. The van der Waals surface area contributed by atoms with Gasteiger partial charge in [-0.15, -0.1) is 22.7 Å². The van der Waals surface area contributed by atoms with Crippen molar-refractivity contribution >= 4 is 45.5 Å². The van der Waals surface area contributed by atoms with Gasteiger partial charge in [0.05, 0.1) is 54.3 Å². The van der Waals surface area contributed by atoms with E-state index >= 15 is 0 Å². The van der Waals surface area contributed by atoms with Gasteiger partial charge in [0.2, 0.25) is 11.8 Å². The monoisotopic (exact) mass is 848 g/mol. The largest absolute Gasteiger partial charge is 0.494 e. The zero-order valence-corrected chi connectivity index (χ0v) is 35.6. The molecule has 0 spiro atoms. The van der Waals surface area contributed by atoms with Crippen LogP contribution in [0.4, 0.5) is 9.52 Å². The number of nitrogens with zero attached hydrogens (tertiary/aromatic N) is 4. The van der Waals surface area contributed by atoms with E-state index in [4.69, 9.17) is 19.2 Å². The summed E-state index contributed by atoms with van der Waals surface area (Å²) in [6, 6.07) is 11.8. The molecule has 4 heterocycles. The number of carbonyl (C=O) groups excluding carboxylic acids is 3. The van der Waals surface area contributed by atoms with Crippen molar-refractivity contribution in [2.24, 2.45) is 5.41 Å². The quantitative estimate of drug-likeness (QED) is 0.116. The zero-order chi connectivity index (χ0) is 41.7. The van der Waals surface area contributed by atoms with Crippen molar-refractivity contribution in [2.75, 3.05) is 51.0 Å². The molecule has 3 fully saturated rings. The minimum atomic E-state index is -1.96. The van der Waals surface area contributed by atoms with E-state index in [1.54, 1.807) is 37.6 Å². The molecular weight excluding hydrogens is 796 g/mol. The van der Waals surface area contributed by atoms with Crippen LogP contribution in [0, 0.1) is 12.3 Å². The Balaban J connectivity index is 0.935. The number of hydrogen-bond acceptors (Lipinski definition) is 12. The summed E-state index contributed by atoms with van der Waals surface area (Å²) in [5.74, 6) is -0.402. The van der Waals surface area contributed by atoms with E-state index in [1.807, 2.05) is 49.4 Å². The predicted octanol–water partition coefficient (Wildman–Crippen LogP) is 5.93. The molecule has 3 aliphatic rings. The third-order valence-corrected chi connectivity index (χ3v) is 12.7. The Morgan fingerprint density at radius 2 is 1.75 bits per heavy atom. The van der Waals surface area contributed by atoms with Crippen LogP contribution in [0.15, 0.2) is 53.4 Å². The number of thiazole rings is 2. The maximum atomic E-state index is 14.6. The molecule has 2 aromatic heterocycles. The lowest BCUT2D eigenvalue weighted by molar-refractivity contribution is -0.145. The topological polar surface area (TPSA) is 155 Å². The second kappa shape index (κ2) is 18.3. The highest BCUT2D eigenvalue weighted by Gasteiger charge is 2.53. The van der Waals surface area contributed by atoms with Crippen LogP contribution >= 0.6 is 22.7 Å². The van der Waals surface area contributed by atoms with Crippen molar-refractivity contribution in [2.45, 2.75) is 90.2 Å². The van der Waals surface area contributed by atoms with E-state index in [-0.39, 0.29) is 32.4 Å². The average Bonchev–Trinajstić information content (AvgIpc) is 3.54. The van der Waals surface area contributed by atoms with Crippen molar-refractivity contribution < 1.29 is 38.1 Å². The first-order valence-corrected chi connectivity index (χ1v) is 22.0. The summed E-state index contributed by atoms with van der Waals surface area (Å²) in [6.45, 7) is 11.4. The lowest BCUT2D eigenvalue weighted by atomic mass is 9.85. The molecule has 3 atom stereocenters. The summed E-state index contributed by atoms with van der Waals surface area (Å²) in [7, 11) is 0. The number of rotatable bonds is 16. The van der Waals surface area contributed by atoms with Gasteiger partial charge in [0.25, 0.3) is 5.91 Å². The molecule has 2 aliphatic heterocycles. The third-order valence-electron chi connectivity index (χ3n) is 10.9. The fourth-order valence-electron chi connectivity index (χ4n) is 7.17. The number of ether oxygens (including phenoxy) is 3. The molecule has 4 aromatic rings. The van der Waals surface area contributed by atoms with E-state index in [1.165, 1.54) is 16.2 Å². The highest BCUT2D eigenvalue weighted by molar-refractivity contribution is 7.14. The van der Waals surface area contributed by atoms with Crippen molar-refractivity contribution in [3.05, 3.63) is 64.6 Å². The number of aromatic nitrogens is 2. The summed E-state index contributed by atoms with van der Waals surface area (Å²) in [4.78, 5) is 54.1. The van der Waals surface area contributed by atoms with Crippen LogP contribution in [-0.4, -0.2) is 108 Å². The van der Waals surface area contributed by atoms with Gasteiger partial charge in [-0.1, -0.05) is 32.9 Å². The first-order chi connectivity index (χ1) is 28.3. The molecule has 59 heavy (non-hydrogen) atoms. The SMILES string of the molecule is Cc1ncsc1-c1ccc(CNC(=O)[C@@H]2C[C@@H](O)CN2C(=O)[C@@H](NC(=O)C2(F)CC2)C(C)(C)C)c(OCCCCOc2ccc(-c3csc(N4CCOCC4)n3)cc2)c1. The summed E-state index contributed by atoms with van der Waals surface area (Å²) >= 11 is 3.18. The molecule has 3 amide bonds. The van der Waals surface area contributed by atoms with Crippen LogP contribution < -0.4 is 25.0 Å². The molecule has 3 N–H and O–H groups in total. The van der Waals surface area contributed by atoms with Gasteiger partial charge >= 0.3 is 0 Å². The first-order valence-electron chi connectivity index (χ1n) is 20.2. The summed E-state index contributed by atoms with van der Waals surface area (Å²) in [5, 5.41) is 19.3. The molecule has 1 saturated carbocycles. The molecule has 1 aliphatic carbocycles. The molecule has 16 heteroatoms. The molecular formula is C43H53FN6O7S2.